The molecule has 0 amide bonds. The number of piperazine rings is 1. The molecule has 0 aromatic carbocycles. The highest BCUT2D eigenvalue weighted by atomic mass is 15.3. The fourth-order valence-corrected chi connectivity index (χ4v) is 2.40. The van der Waals surface area contributed by atoms with Gasteiger partial charge in [0.2, 0.25) is 0 Å². The summed E-state index contributed by atoms with van der Waals surface area (Å²) < 4.78 is 2.29. The summed E-state index contributed by atoms with van der Waals surface area (Å²) in [5.74, 6) is 2.34. The lowest BCUT2D eigenvalue weighted by Crippen LogP contribution is -2.43. The predicted molar refractivity (Wildman–Crippen MR) is 56.5 cm³/mol. The van der Waals surface area contributed by atoms with Crippen LogP contribution in [0.4, 0.5) is 0 Å². The van der Waals surface area contributed by atoms with Crippen LogP contribution < -0.4 is 5.32 Å². The van der Waals surface area contributed by atoms with Gasteiger partial charge in [0.1, 0.15) is 11.6 Å². The maximum atomic E-state index is 4.28. The molecule has 1 saturated heterocycles. The van der Waals surface area contributed by atoms with Gasteiger partial charge in [-0.1, -0.05) is 0 Å². The third-order valence-corrected chi connectivity index (χ3v) is 3.26. The molecule has 2 aliphatic heterocycles. The third kappa shape index (κ3) is 1.77. The number of hydrogen-bond donors (Lipinski definition) is 1. The minimum Gasteiger partial charge on any atom is -0.314 e. The van der Waals surface area contributed by atoms with Crippen molar-refractivity contribution < 1.29 is 0 Å². The highest BCUT2D eigenvalue weighted by Crippen LogP contribution is 2.15. The van der Waals surface area contributed by atoms with Crippen molar-refractivity contribution in [1.29, 1.82) is 0 Å². The standard InChI is InChI=1S/C10H17N5/c1-2-9-12-13-10(15(9)5-1)8-14-6-3-11-4-7-14/h11H,1-8H2. The Morgan fingerprint density at radius 3 is 2.87 bits per heavy atom. The summed E-state index contributed by atoms with van der Waals surface area (Å²) in [7, 11) is 0. The molecule has 0 radical (unpaired) electrons. The summed E-state index contributed by atoms with van der Waals surface area (Å²) in [6.07, 6.45) is 2.34. The van der Waals surface area contributed by atoms with E-state index in [0.29, 0.717) is 0 Å². The fourth-order valence-electron chi connectivity index (χ4n) is 2.40. The number of nitrogens with one attached hydrogen (secondary N) is 1. The molecule has 0 unspecified atom stereocenters. The maximum absolute atomic E-state index is 4.28. The lowest BCUT2D eigenvalue weighted by molar-refractivity contribution is 0.225. The summed E-state index contributed by atoms with van der Waals surface area (Å²) in [5.41, 5.74) is 0. The second kappa shape index (κ2) is 3.90. The maximum Gasteiger partial charge on any atom is 0.147 e. The van der Waals surface area contributed by atoms with Crippen LogP contribution in [0.15, 0.2) is 0 Å². The first-order valence-electron chi connectivity index (χ1n) is 5.77. The molecule has 2 aliphatic rings. The first-order valence-corrected chi connectivity index (χ1v) is 5.77. The molecule has 3 rings (SSSR count). The molecule has 1 N–H and O–H groups in total. The summed E-state index contributed by atoms with van der Waals surface area (Å²) >= 11 is 0. The van der Waals surface area contributed by atoms with Crippen molar-refractivity contribution in [1.82, 2.24) is 25.0 Å². The van der Waals surface area contributed by atoms with Gasteiger partial charge in [0.05, 0.1) is 6.54 Å². The molecular formula is C10H17N5. The molecule has 1 fully saturated rings. The van der Waals surface area contributed by atoms with Gasteiger partial charge in [0.25, 0.3) is 0 Å². The van der Waals surface area contributed by atoms with Crippen LogP contribution in [0.25, 0.3) is 0 Å². The van der Waals surface area contributed by atoms with E-state index >= 15 is 0 Å². The molecule has 0 atom stereocenters. The molecule has 1 aromatic rings. The van der Waals surface area contributed by atoms with Crippen molar-refractivity contribution in [3.05, 3.63) is 11.6 Å². The second-order valence-electron chi connectivity index (χ2n) is 4.31. The van der Waals surface area contributed by atoms with Crippen molar-refractivity contribution in [3.8, 4) is 0 Å². The Hall–Kier alpha value is -0.940. The van der Waals surface area contributed by atoms with Gasteiger partial charge in [-0.2, -0.15) is 0 Å². The topological polar surface area (TPSA) is 46.0 Å². The Kier molecular flexibility index (Phi) is 2.42. The summed E-state index contributed by atoms with van der Waals surface area (Å²) in [4.78, 5) is 2.45. The molecule has 0 saturated carbocycles. The zero-order chi connectivity index (χ0) is 10.1. The van der Waals surface area contributed by atoms with E-state index < -0.39 is 0 Å². The largest absolute Gasteiger partial charge is 0.314 e. The van der Waals surface area contributed by atoms with E-state index in [-0.39, 0.29) is 0 Å². The zero-order valence-electron chi connectivity index (χ0n) is 8.95. The first-order chi connectivity index (χ1) is 7.43. The third-order valence-electron chi connectivity index (χ3n) is 3.26. The SMILES string of the molecule is C1Cc2nnc(CN3CCNCC3)n2C1. The van der Waals surface area contributed by atoms with Gasteiger partial charge in [-0.05, 0) is 6.42 Å². The number of rotatable bonds is 2. The molecule has 0 aliphatic carbocycles. The van der Waals surface area contributed by atoms with Crippen molar-refractivity contribution in [2.24, 2.45) is 0 Å². The number of fused-ring (bicyclic) bond motifs is 1. The lowest BCUT2D eigenvalue weighted by atomic mass is 10.3. The van der Waals surface area contributed by atoms with Crippen molar-refractivity contribution >= 4 is 0 Å². The van der Waals surface area contributed by atoms with E-state index in [4.69, 9.17) is 0 Å². The van der Waals surface area contributed by atoms with Gasteiger partial charge >= 0.3 is 0 Å². The Bertz CT molecular complexity index is 340. The highest BCUT2D eigenvalue weighted by molar-refractivity contribution is 5.00. The minimum absolute atomic E-state index is 0.967. The molecule has 5 nitrogen and oxygen atoms in total. The van der Waals surface area contributed by atoms with Gasteiger partial charge in [-0.15, -0.1) is 10.2 Å². The zero-order valence-corrected chi connectivity index (χ0v) is 8.95. The van der Waals surface area contributed by atoms with Crippen LogP contribution in [0.3, 0.4) is 0 Å². The van der Waals surface area contributed by atoms with Gasteiger partial charge in [0.15, 0.2) is 0 Å². The van der Waals surface area contributed by atoms with Crippen LogP contribution in [-0.2, 0) is 19.5 Å². The number of aromatic nitrogens is 3. The van der Waals surface area contributed by atoms with E-state index in [9.17, 15) is 0 Å². The predicted octanol–water partition coefficient (Wildman–Crippen LogP) is -0.370. The normalized spacial score (nSPS) is 21.9. The number of aryl methyl sites for hydroxylation is 1. The molecule has 1 aromatic heterocycles. The minimum atomic E-state index is 0.967. The highest BCUT2D eigenvalue weighted by Gasteiger charge is 2.19. The molecule has 15 heavy (non-hydrogen) atoms. The molecule has 3 heterocycles. The van der Waals surface area contributed by atoms with E-state index in [1.807, 2.05) is 0 Å². The molecule has 0 bridgehead atoms. The van der Waals surface area contributed by atoms with Crippen LogP contribution in [0.1, 0.15) is 18.1 Å². The van der Waals surface area contributed by atoms with Gasteiger partial charge < -0.3 is 9.88 Å². The average Bonchev–Trinajstić information content (AvgIpc) is 2.85. The van der Waals surface area contributed by atoms with Gasteiger partial charge in [0, 0.05) is 39.1 Å². The van der Waals surface area contributed by atoms with Crippen molar-refractivity contribution in [2.75, 3.05) is 26.2 Å². The first kappa shape index (κ1) is 9.30. The summed E-state index contributed by atoms with van der Waals surface area (Å²) in [6, 6.07) is 0. The van der Waals surface area contributed by atoms with Crippen LogP contribution in [-0.4, -0.2) is 45.8 Å². The smallest absolute Gasteiger partial charge is 0.147 e. The van der Waals surface area contributed by atoms with Gasteiger partial charge in [-0.3, -0.25) is 4.90 Å². The van der Waals surface area contributed by atoms with Crippen LogP contribution in [0.2, 0.25) is 0 Å². The fraction of sp³-hybridized carbons (Fsp3) is 0.800. The summed E-state index contributed by atoms with van der Waals surface area (Å²) in [5, 5.41) is 11.9. The monoisotopic (exact) mass is 207 g/mol. The molecular weight excluding hydrogens is 190 g/mol. The Balaban J connectivity index is 1.70. The van der Waals surface area contributed by atoms with Gasteiger partial charge in [-0.25, -0.2) is 0 Å². The molecule has 0 spiro atoms. The van der Waals surface area contributed by atoms with Crippen molar-refractivity contribution in [3.63, 3.8) is 0 Å². The van der Waals surface area contributed by atoms with Crippen LogP contribution >= 0.6 is 0 Å². The van der Waals surface area contributed by atoms with Crippen LogP contribution in [0, 0.1) is 0 Å². The molecule has 5 heteroatoms. The van der Waals surface area contributed by atoms with Crippen LogP contribution in [0.5, 0.6) is 0 Å². The van der Waals surface area contributed by atoms with Crippen molar-refractivity contribution in [2.45, 2.75) is 25.9 Å². The average molecular weight is 207 g/mol. The van der Waals surface area contributed by atoms with E-state index in [0.717, 1.165) is 51.5 Å². The summed E-state index contributed by atoms with van der Waals surface area (Å²) in [6.45, 7) is 6.53. The Morgan fingerprint density at radius 2 is 2.00 bits per heavy atom. The van der Waals surface area contributed by atoms with E-state index in [1.165, 1.54) is 12.2 Å². The van der Waals surface area contributed by atoms with E-state index in [1.54, 1.807) is 0 Å². The quantitative estimate of drug-likeness (QED) is 0.719. The number of hydrogen-bond acceptors (Lipinski definition) is 4. The molecule has 82 valence electrons. The van der Waals surface area contributed by atoms with E-state index in [2.05, 4.69) is 25.0 Å². The Labute approximate surface area is 89.5 Å². The number of nitrogens with zero attached hydrogens (tertiary/aromatic N) is 4. The Morgan fingerprint density at radius 1 is 1.13 bits per heavy atom. The lowest BCUT2D eigenvalue weighted by Gasteiger charge is -2.26. The second-order valence-corrected chi connectivity index (χ2v) is 4.31.